The Morgan fingerprint density at radius 3 is 1.69 bits per heavy atom. The number of benzene rings is 1. The molecule has 29 heavy (non-hydrogen) atoms. The highest BCUT2D eigenvalue weighted by Gasteiger charge is 2.40. The SMILES string of the molecule is C=CC1=C(/C=C\C)C(=O)N(c2cccc(N3C(=O)C(=C/C)/C(=C\C)C3=O)c2)C1=O. The fourth-order valence-corrected chi connectivity index (χ4v) is 3.45. The first kappa shape index (κ1) is 19.9. The first-order valence-corrected chi connectivity index (χ1v) is 9.11. The number of nitrogens with zero attached hydrogens (tertiary/aromatic N) is 2. The average Bonchev–Trinajstić information content (AvgIpc) is 3.10. The molecule has 1 fully saturated rings. The van der Waals surface area contributed by atoms with Crippen molar-refractivity contribution < 1.29 is 19.2 Å². The van der Waals surface area contributed by atoms with Gasteiger partial charge in [0.1, 0.15) is 0 Å². The second kappa shape index (κ2) is 7.67. The highest BCUT2D eigenvalue weighted by molar-refractivity contribution is 6.37. The summed E-state index contributed by atoms with van der Waals surface area (Å²) in [5.41, 5.74) is 1.66. The van der Waals surface area contributed by atoms with Gasteiger partial charge in [-0.05, 0) is 39.0 Å². The van der Waals surface area contributed by atoms with Crippen LogP contribution in [0.5, 0.6) is 0 Å². The predicted octanol–water partition coefficient (Wildman–Crippen LogP) is 3.38. The van der Waals surface area contributed by atoms with Crippen molar-refractivity contribution in [1.29, 1.82) is 0 Å². The highest BCUT2D eigenvalue weighted by atomic mass is 16.2. The van der Waals surface area contributed by atoms with Crippen LogP contribution in [-0.2, 0) is 19.2 Å². The van der Waals surface area contributed by atoms with Crippen LogP contribution >= 0.6 is 0 Å². The van der Waals surface area contributed by atoms with E-state index in [2.05, 4.69) is 6.58 Å². The lowest BCUT2D eigenvalue weighted by molar-refractivity contribution is -0.121. The quantitative estimate of drug-likeness (QED) is 0.585. The molecule has 0 saturated carbocycles. The summed E-state index contributed by atoms with van der Waals surface area (Å²) in [5.74, 6) is -1.87. The van der Waals surface area contributed by atoms with E-state index in [9.17, 15) is 19.2 Å². The maximum atomic E-state index is 12.8. The molecule has 0 atom stereocenters. The molecule has 0 spiro atoms. The number of anilines is 2. The molecule has 2 aliphatic rings. The van der Waals surface area contributed by atoms with Crippen LogP contribution < -0.4 is 9.80 Å². The van der Waals surface area contributed by atoms with Crippen molar-refractivity contribution in [3.8, 4) is 0 Å². The van der Waals surface area contributed by atoms with Crippen LogP contribution in [0, 0.1) is 0 Å². The van der Waals surface area contributed by atoms with Crippen LogP contribution in [0.25, 0.3) is 0 Å². The molecule has 3 rings (SSSR count). The molecule has 2 heterocycles. The second-order valence-corrected chi connectivity index (χ2v) is 6.35. The van der Waals surface area contributed by atoms with E-state index in [1.807, 2.05) is 0 Å². The second-order valence-electron chi connectivity index (χ2n) is 6.35. The third kappa shape index (κ3) is 2.99. The van der Waals surface area contributed by atoms with E-state index in [4.69, 9.17) is 0 Å². The molecular formula is C23H20N2O4. The van der Waals surface area contributed by atoms with E-state index in [1.165, 1.54) is 12.1 Å². The minimum Gasteiger partial charge on any atom is -0.268 e. The van der Waals surface area contributed by atoms with Gasteiger partial charge in [-0.1, -0.05) is 43.0 Å². The average molecular weight is 388 g/mol. The van der Waals surface area contributed by atoms with Crippen molar-refractivity contribution in [1.82, 2.24) is 0 Å². The van der Waals surface area contributed by atoms with E-state index in [0.717, 1.165) is 9.80 Å². The Balaban J connectivity index is 2.05. The molecule has 2 aliphatic heterocycles. The van der Waals surface area contributed by atoms with Gasteiger partial charge in [0, 0.05) is 11.1 Å². The number of carbonyl (C=O) groups excluding carboxylic acids is 4. The molecule has 6 nitrogen and oxygen atoms in total. The van der Waals surface area contributed by atoms with Gasteiger partial charge in [-0.3, -0.25) is 19.2 Å². The van der Waals surface area contributed by atoms with Crippen LogP contribution in [0.3, 0.4) is 0 Å². The van der Waals surface area contributed by atoms with Gasteiger partial charge >= 0.3 is 0 Å². The summed E-state index contributed by atoms with van der Waals surface area (Å²) in [6.45, 7) is 8.75. The molecule has 0 bridgehead atoms. The standard InChI is InChI=1S/C23H20N2O4/c1-5-10-19-18(8-4)22(28)25(23(19)29)15-12-9-11-14(13-15)24-20(26)16(6-2)17(7-3)21(24)27/h5-13H,4H2,1-3H3/b10-5-,16-6+,17-7+. The number of allylic oxidation sites excluding steroid dienone is 3. The first-order chi connectivity index (χ1) is 13.9. The molecular weight excluding hydrogens is 368 g/mol. The molecule has 1 aromatic carbocycles. The van der Waals surface area contributed by atoms with Gasteiger partial charge in [0.05, 0.1) is 22.5 Å². The van der Waals surface area contributed by atoms with Crippen molar-refractivity contribution in [2.45, 2.75) is 20.8 Å². The summed E-state index contributed by atoms with van der Waals surface area (Å²) in [6, 6.07) is 6.24. The lowest BCUT2D eigenvalue weighted by Gasteiger charge is -2.19. The van der Waals surface area contributed by atoms with Crippen LogP contribution in [0.15, 0.2) is 83.5 Å². The summed E-state index contributed by atoms with van der Waals surface area (Å²) in [7, 11) is 0. The van der Waals surface area contributed by atoms with E-state index in [1.54, 1.807) is 63.3 Å². The van der Waals surface area contributed by atoms with Crippen LogP contribution in [-0.4, -0.2) is 23.6 Å². The third-order valence-corrected chi connectivity index (χ3v) is 4.78. The van der Waals surface area contributed by atoms with Crippen molar-refractivity contribution in [2.75, 3.05) is 9.80 Å². The fourth-order valence-electron chi connectivity index (χ4n) is 3.45. The molecule has 1 aromatic rings. The van der Waals surface area contributed by atoms with E-state index < -0.39 is 23.6 Å². The van der Waals surface area contributed by atoms with Crippen LogP contribution in [0.2, 0.25) is 0 Å². The van der Waals surface area contributed by atoms with Gasteiger partial charge in [0.2, 0.25) is 0 Å². The summed E-state index contributed by atoms with van der Waals surface area (Å²) in [5, 5.41) is 0. The molecule has 0 aliphatic carbocycles. The van der Waals surface area contributed by atoms with Crippen molar-refractivity contribution in [3.05, 3.63) is 83.5 Å². The Bertz CT molecular complexity index is 1060. The lowest BCUT2D eigenvalue weighted by Crippen LogP contribution is -2.32. The summed E-state index contributed by atoms with van der Waals surface area (Å²) in [6.07, 6.45) is 7.77. The minimum absolute atomic E-state index is 0.208. The predicted molar refractivity (Wildman–Crippen MR) is 111 cm³/mol. The number of imide groups is 2. The normalized spacial score (nSPS) is 20.4. The Morgan fingerprint density at radius 1 is 0.759 bits per heavy atom. The molecule has 0 unspecified atom stereocenters. The number of rotatable bonds is 4. The third-order valence-electron chi connectivity index (χ3n) is 4.78. The molecule has 4 amide bonds. The smallest absolute Gasteiger partial charge is 0.266 e. The van der Waals surface area contributed by atoms with Crippen molar-refractivity contribution in [2.24, 2.45) is 0 Å². The van der Waals surface area contributed by atoms with Crippen LogP contribution in [0.1, 0.15) is 20.8 Å². The Morgan fingerprint density at radius 2 is 1.24 bits per heavy atom. The maximum Gasteiger partial charge on any atom is 0.266 e. The van der Waals surface area contributed by atoms with Gasteiger partial charge in [-0.25, -0.2) is 9.80 Å². The molecule has 1 saturated heterocycles. The van der Waals surface area contributed by atoms with E-state index in [0.29, 0.717) is 11.1 Å². The Hall–Kier alpha value is -3.80. The Labute approximate surface area is 168 Å². The van der Waals surface area contributed by atoms with Crippen molar-refractivity contribution in [3.63, 3.8) is 0 Å². The molecule has 6 heteroatoms. The number of amides is 4. The number of hydrogen-bond acceptors (Lipinski definition) is 4. The number of hydrogen-bond donors (Lipinski definition) is 0. The zero-order valence-corrected chi connectivity index (χ0v) is 16.4. The highest BCUT2D eigenvalue weighted by Crippen LogP contribution is 2.34. The minimum atomic E-state index is -0.502. The zero-order valence-electron chi connectivity index (χ0n) is 16.4. The number of carbonyl (C=O) groups is 4. The Kier molecular flexibility index (Phi) is 5.28. The molecule has 0 N–H and O–H groups in total. The summed E-state index contributed by atoms with van der Waals surface area (Å²) >= 11 is 0. The maximum absolute atomic E-state index is 12.8. The van der Waals surface area contributed by atoms with Gasteiger partial charge in [-0.2, -0.15) is 0 Å². The summed E-state index contributed by atoms with van der Waals surface area (Å²) < 4.78 is 0. The van der Waals surface area contributed by atoms with Crippen molar-refractivity contribution >= 4 is 35.0 Å². The molecule has 0 aromatic heterocycles. The van der Waals surface area contributed by atoms with Gasteiger partial charge in [-0.15, -0.1) is 0 Å². The van der Waals surface area contributed by atoms with E-state index >= 15 is 0 Å². The largest absolute Gasteiger partial charge is 0.268 e. The lowest BCUT2D eigenvalue weighted by atomic mass is 10.1. The van der Waals surface area contributed by atoms with E-state index in [-0.39, 0.29) is 22.5 Å². The van der Waals surface area contributed by atoms with Gasteiger partial charge in [0.25, 0.3) is 23.6 Å². The fraction of sp³-hybridized carbons (Fsp3) is 0.130. The molecule has 146 valence electrons. The molecule has 0 radical (unpaired) electrons. The van der Waals surface area contributed by atoms with Gasteiger partial charge < -0.3 is 0 Å². The summed E-state index contributed by atoms with van der Waals surface area (Å²) in [4.78, 5) is 53.1. The van der Waals surface area contributed by atoms with Gasteiger partial charge in [0.15, 0.2) is 0 Å². The monoisotopic (exact) mass is 388 g/mol. The van der Waals surface area contributed by atoms with Crippen LogP contribution in [0.4, 0.5) is 11.4 Å². The first-order valence-electron chi connectivity index (χ1n) is 9.11. The zero-order chi connectivity index (χ0) is 21.3. The topological polar surface area (TPSA) is 74.8 Å².